The molecule has 1 amide bonds. The van der Waals surface area contributed by atoms with Crippen LogP contribution < -0.4 is 0 Å². The Balaban J connectivity index is 2.03. The SMILES string of the molecule is [N-]=[N+]=NI1c2cc([N+](=O)[O-])ccc2C(=O)N1Cc1ccccc1. The molecule has 0 saturated heterocycles. The van der Waals surface area contributed by atoms with Crippen molar-refractivity contribution < 1.29 is 9.72 Å². The van der Waals surface area contributed by atoms with E-state index in [4.69, 9.17) is 5.53 Å². The molecule has 2 aromatic rings. The van der Waals surface area contributed by atoms with Crippen LogP contribution in [0.25, 0.3) is 10.4 Å². The molecule has 9 heteroatoms. The molecule has 1 heterocycles. The van der Waals surface area contributed by atoms with E-state index in [0.29, 0.717) is 15.7 Å². The topological polar surface area (TPSA) is 112 Å². The number of carbonyl (C=O) groups excluding carboxylic acids is 1. The average Bonchev–Trinajstić information content (AvgIpc) is 2.81. The third kappa shape index (κ3) is 2.83. The summed E-state index contributed by atoms with van der Waals surface area (Å²) in [7, 11) is 0. The Morgan fingerprint density at radius 1 is 1.26 bits per heavy atom. The van der Waals surface area contributed by atoms with Gasteiger partial charge < -0.3 is 0 Å². The molecule has 0 radical (unpaired) electrons. The maximum atomic E-state index is 12.6. The first-order valence-corrected chi connectivity index (χ1v) is 9.52. The second-order valence-corrected chi connectivity index (χ2v) is 8.80. The van der Waals surface area contributed by atoms with Gasteiger partial charge in [-0.05, 0) is 0 Å². The molecule has 23 heavy (non-hydrogen) atoms. The molecule has 0 saturated carbocycles. The van der Waals surface area contributed by atoms with Crippen molar-refractivity contribution in [2.75, 3.05) is 0 Å². The Bertz CT molecular complexity index is 836. The van der Waals surface area contributed by atoms with Gasteiger partial charge in [0.2, 0.25) is 0 Å². The van der Waals surface area contributed by atoms with Crippen molar-refractivity contribution >= 4 is 32.0 Å². The van der Waals surface area contributed by atoms with E-state index in [1.807, 2.05) is 30.3 Å². The molecule has 0 fully saturated rings. The van der Waals surface area contributed by atoms with Crippen LogP contribution in [0.1, 0.15) is 15.9 Å². The molecule has 2 aromatic carbocycles. The number of nitro benzene ring substituents is 1. The Morgan fingerprint density at radius 3 is 2.65 bits per heavy atom. The van der Waals surface area contributed by atoms with E-state index in [1.165, 1.54) is 18.2 Å². The van der Waals surface area contributed by atoms with Crippen molar-refractivity contribution in [1.82, 2.24) is 3.11 Å². The number of nitrogens with zero attached hydrogens (tertiary/aromatic N) is 5. The van der Waals surface area contributed by atoms with E-state index < -0.39 is 25.3 Å². The molecule has 0 spiro atoms. The van der Waals surface area contributed by atoms with Crippen molar-refractivity contribution in [3.8, 4) is 0 Å². The predicted molar refractivity (Wildman–Crippen MR) is 91.3 cm³/mol. The Kier molecular flexibility index (Phi) is 4.13. The minimum absolute atomic E-state index is 0.103. The summed E-state index contributed by atoms with van der Waals surface area (Å²) in [6.45, 7) is 0.325. The van der Waals surface area contributed by atoms with Crippen molar-refractivity contribution in [2.24, 2.45) is 3.33 Å². The van der Waals surface area contributed by atoms with Crippen LogP contribution in [0.15, 0.2) is 51.9 Å². The van der Waals surface area contributed by atoms with Gasteiger partial charge in [0.05, 0.1) is 0 Å². The van der Waals surface area contributed by atoms with E-state index in [2.05, 4.69) is 8.24 Å². The number of nitro groups is 1. The van der Waals surface area contributed by atoms with Gasteiger partial charge in [-0.1, -0.05) is 0 Å². The fraction of sp³-hybridized carbons (Fsp3) is 0.0714. The zero-order valence-corrected chi connectivity index (χ0v) is 13.8. The molecule has 0 aromatic heterocycles. The van der Waals surface area contributed by atoms with Gasteiger partial charge in [-0.25, -0.2) is 0 Å². The van der Waals surface area contributed by atoms with Gasteiger partial charge in [0.1, 0.15) is 0 Å². The predicted octanol–water partition coefficient (Wildman–Crippen LogP) is 4.07. The third-order valence-electron chi connectivity index (χ3n) is 3.26. The molecular formula is C14H10IN5O3. The number of non-ortho nitro benzene ring substituents is 1. The minimum atomic E-state index is -2.71. The zero-order valence-electron chi connectivity index (χ0n) is 11.7. The van der Waals surface area contributed by atoms with Gasteiger partial charge in [0.15, 0.2) is 0 Å². The second-order valence-electron chi connectivity index (χ2n) is 4.64. The number of fused-ring (bicyclic) bond motifs is 1. The fourth-order valence-electron chi connectivity index (χ4n) is 2.23. The van der Waals surface area contributed by atoms with E-state index in [-0.39, 0.29) is 11.6 Å². The molecule has 0 bridgehead atoms. The van der Waals surface area contributed by atoms with Crippen LogP contribution in [-0.2, 0) is 6.54 Å². The monoisotopic (exact) mass is 423 g/mol. The van der Waals surface area contributed by atoms with Crippen LogP contribution in [-0.4, -0.2) is 13.9 Å². The quantitative estimate of drug-likeness (QED) is 0.141. The summed E-state index contributed by atoms with van der Waals surface area (Å²) >= 11 is -2.71. The van der Waals surface area contributed by atoms with Crippen molar-refractivity contribution in [1.29, 1.82) is 0 Å². The summed E-state index contributed by atoms with van der Waals surface area (Å²) in [6.07, 6.45) is 0. The second kappa shape index (κ2) is 6.23. The normalized spacial score (nSPS) is 14.3. The number of benzene rings is 2. The molecular weight excluding hydrogens is 413 g/mol. The van der Waals surface area contributed by atoms with Crippen LogP contribution >= 0.6 is 20.4 Å². The summed E-state index contributed by atoms with van der Waals surface area (Å²) in [4.78, 5) is 25.8. The first-order valence-electron chi connectivity index (χ1n) is 6.51. The molecule has 0 atom stereocenters. The maximum absolute atomic E-state index is 12.6. The van der Waals surface area contributed by atoms with Gasteiger partial charge in [0, 0.05) is 0 Å². The summed E-state index contributed by atoms with van der Waals surface area (Å²) in [5, 5.41) is 10.9. The van der Waals surface area contributed by atoms with E-state index in [1.54, 1.807) is 3.11 Å². The third-order valence-corrected chi connectivity index (χ3v) is 7.68. The Morgan fingerprint density at radius 2 is 2.00 bits per heavy atom. The summed E-state index contributed by atoms with van der Waals surface area (Å²) < 4.78 is 5.89. The van der Waals surface area contributed by atoms with Crippen molar-refractivity contribution in [3.05, 3.63) is 83.8 Å². The van der Waals surface area contributed by atoms with Crippen molar-refractivity contribution in [3.63, 3.8) is 0 Å². The number of azide groups is 1. The van der Waals surface area contributed by atoms with Crippen LogP contribution in [0.2, 0.25) is 0 Å². The standard InChI is InChI=1S/C14H10IN5O3/c16-18-17-15-13-8-11(20(22)23)6-7-12(13)14(21)19(15)9-10-4-2-1-3-5-10/h1-8H,9H2. The fourth-order valence-corrected chi connectivity index (χ4v) is 6.43. The number of amides is 1. The molecule has 116 valence electrons. The van der Waals surface area contributed by atoms with Crippen LogP contribution in [0, 0.1) is 13.7 Å². The number of carbonyl (C=O) groups is 1. The van der Waals surface area contributed by atoms with Gasteiger partial charge >= 0.3 is 138 Å². The average molecular weight is 423 g/mol. The summed E-state index contributed by atoms with van der Waals surface area (Å²) in [6, 6.07) is 13.5. The first-order chi connectivity index (χ1) is 11.1. The van der Waals surface area contributed by atoms with Crippen LogP contribution in [0.4, 0.5) is 5.69 Å². The molecule has 0 aliphatic carbocycles. The molecule has 0 N–H and O–H groups in total. The molecule has 0 unspecified atom stereocenters. The van der Waals surface area contributed by atoms with Gasteiger partial charge in [0.25, 0.3) is 0 Å². The van der Waals surface area contributed by atoms with E-state index in [0.717, 1.165) is 5.56 Å². The molecule has 3 rings (SSSR count). The first kappa shape index (κ1) is 15.3. The van der Waals surface area contributed by atoms with E-state index >= 15 is 0 Å². The number of rotatable bonds is 4. The summed E-state index contributed by atoms with van der Waals surface area (Å²) in [5.41, 5.74) is 10.0. The molecule has 1 aliphatic heterocycles. The van der Waals surface area contributed by atoms with Gasteiger partial charge in [-0.15, -0.1) is 0 Å². The zero-order chi connectivity index (χ0) is 16.4. The molecule has 8 nitrogen and oxygen atoms in total. The number of hydrogen-bond acceptors (Lipinski definition) is 4. The van der Waals surface area contributed by atoms with Gasteiger partial charge in [-0.2, -0.15) is 0 Å². The Hall–Kier alpha value is -2.65. The van der Waals surface area contributed by atoms with Crippen LogP contribution in [0.5, 0.6) is 0 Å². The van der Waals surface area contributed by atoms with Crippen LogP contribution in [0.3, 0.4) is 0 Å². The van der Waals surface area contributed by atoms with Crippen molar-refractivity contribution in [2.45, 2.75) is 6.54 Å². The van der Waals surface area contributed by atoms with E-state index in [9.17, 15) is 14.9 Å². The summed E-state index contributed by atoms with van der Waals surface area (Å²) in [5.74, 6) is -0.239. The number of halogens is 1. The Labute approximate surface area is 138 Å². The molecule has 1 aliphatic rings. The number of hydrogen-bond donors (Lipinski definition) is 0. The van der Waals surface area contributed by atoms with Gasteiger partial charge in [-0.3, -0.25) is 0 Å².